The monoisotopic (exact) mass is 414 g/mol. The molecule has 0 bridgehead atoms. The molecule has 2 heterocycles. The fourth-order valence-electron chi connectivity index (χ4n) is 3.18. The lowest BCUT2D eigenvalue weighted by Crippen LogP contribution is -2.41. The Hall–Kier alpha value is -3.62. The summed E-state index contributed by atoms with van der Waals surface area (Å²) in [4.78, 5) is 49.8. The molecule has 9 nitrogen and oxygen atoms in total. The predicted molar refractivity (Wildman–Crippen MR) is 103 cm³/mol. The Morgan fingerprint density at radius 1 is 1.17 bits per heavy atom. The van der Waals surface area contributed by atoms with Crippen LogP contribution < -0.4 is 5.32 Å². The second kappa shape index (κ2) is 8.02. The normalized spacial score (nSPS) is 18.3. The quantitative estimate of drug-likeness (QED) is 0.569. The molecule has 0 unspecified atom stereocenters. The van der Waals surface area contributed by atoms with E-state index in [2.05, 4.69) is 10.1 Å². The number of nitrogens with zero attached hydrogens (tertiary/aromatic N) is 1. The summed E-state index contributed by atoms with van der Waals surface area (Å²) in [6, 6.07) is 7.93. The number of carbonyl (C=O) groups is 4. The molecule has 158 valence electrons. The molecular weight excluding hydrogens is 392 g/mol. The fraction of sp³-hybridized carbons (Fsp3) is 0.333. The number of amides is 3. The van der Waals surface area contributed by atoms with Crippen LogP contribution in [0.2, 0.25) is 0 Å². The van der Waals surface area contributed by atoms with Crippen LogP contribution in [-0.2, 0) is 31.2 Å². The molecule has 9 heteroatoms. The van der Waals surface area contributed by atoms with Gasteiger partial charge in [0.05, 0.1) is 7.11 Å². The lowest BCUT2D eigenvalue weighted by molar-refractivity contribution is -0.149. The van der Waals surface area contributed by atoms with E-state index >= 15 is 0 Å². The second-order valence-electron chi connectivity index (χ2n) is 7.15. The Labute approximate surface area is 172 Å². The van der Waals surface area contributed by atoms with Crippen LogP contribution in [0.1, 0.15) is 39.9 Å². The molecule has 1 N–H and O–H groups in total. The van der Waals surface area contributed by atoms with E-state index in [0.29, 0.717) is 11.3 Å². The first kappa shape index (κ1) is 21.1. The van der Waals surface area contributed by atoms with Gasteiger partial charge in [-0.15, -0.1) is 0 Å². The van der Waals surface area contributed by atoms with E-state index in [4.69, 9.17) is 9.15 Å². The number of imide groups is 1. The van der Waals surface area contributed by atoms with Gasteiger partial charge in [-0.25, -0.2) is 9.59 Å². The predicted octanol–water partition coefficient (Wildman–Crippen LogP) is 2.19. The lowest BCUT2D eigenvalue weighted by atomic mass is 9.91. The average Bonchev–Trinajstić information content (AvgIpc) is 3.19. The number of benzene rings is 1. The first-order valence-corrected chi connectivity index (χ1v) is 9.20. The first-order valence-electron chi connectivity index (χ1n) is 9.20. The fourth-order valence-corrected chi connectivity index (χ4v) is 3.18. The minimum atomic E-state index is -1.27. The molecular formula is C21H22N2O7. The summed E-state index contributed by atoms with van der Waals surface area (Å²) >= 11 is 0. The van der Waals surface area contributed by atoms with Crippen molar-refractivity contribution in [2.24, 2.45) is 0 Å². The number of aryl methyl sites for hydroxylation is 2. The van der Waals surface area contributed by atoms with E-state index in [1.807, 2.05) is 19.1 Å². The van der Waals surface area contributed by atoms with Crippen LogP contribution in [0.25, 0.3) is 0 Å². The van der Waals surface area contributed by atoms with Gasteiger partial charge in [-0.2, -0.15) is 0 Å². The summed E-state index contributed by atoms with van der Waals surface area (Å²) in [6.45, 7) is 4.28. The van der Waals surface area contributed by atoms with Gasteiger partial charge in [-0.3, -0.25) is 14.5 Å². The minimum absolute atomic E-state index is 0.228. The Morgan fingerprint density at radius 3 is 2.47 bits per heavy atom. The molecule has 3 amide bonds. The molecule has 0 spiro atoms. The number of ether oxygens (including phenoxy) is 2. The van der Waals surface area contributed by atoms with E-state index in [1.165, 1.54) is 13.2 Å². The zero-order valence-electron chi connectivity index (χ0n) is 17.1. The van der Waals surface area contributed by atoms with E-state index in [0.717, 1.165) is 10.5 Å². The van der Waals surface area contributed by atoms with Gasteiger partial charge in [-0.1, -0.05) is 29.8 Å². The van der Waals surface area contributed by atoms with Crippen LogP contribution >= 0.6 is 0 Å². The summed E-state index contributed by atoms with van der Waals surface area (Å²) in [5.74, 6) is -1.34. The molecule has 0 radical (unpaired) electrons. The smallest absolute Gasteiger partial charge is 0.341 e. The summed E-state index contributed by atoms with van der Waals surface area (Å²) in [5, 5.41) is 2.63. The number of nitrogens with one attached hydrogen (secondary N) is 1. The Bertz CT molecular complexity index is 1010. The summed E-state index contributed by atoms with van der Waals surface area (Å²) in [5.41, 5.74) is 0.594. The number of hydrogen-bond donors (Lipinski definition) is 1. The molecule has 1 fully saturated rings. The number of esters is 2. The van der Waals surface area contributed by atoms with Gasteiger partial charge in [0.25, 0.3) is 5.91 Å². The SMILES string of the molecule is COC(=O)c1cc(COC(=O)CN2C(=O)N[C@@](C)(c3ccc(C)cc3)C2=O)oc1C. The van der Waals surface area contributed by atoms with Crippen molar-refractivity contribution in [2.75, 3.05) is 13.7 Å². The highest BCUT2D eigenvalue weighted by molar-refractivity contribution is 6.08. The van der Waals surface area contributed by atoms with Gasteiger partial charge in [0.1, 0.15) is 35.8 Å². The molecule has 1 atom stereocenters. The zero-order valence-corrected chi connectivity index (χ0v) is 17.1. The number of hydrogen-bond acceptors (Lipinski definition) is 7. The number of furan rings is 1. The third-order valence-electron chi connectivity index (χ3n) is 4.94. The third-order valence-corrected chi connectivity index (χ3v) is 4.94. The standard InChI is InChI=1S/C21H22N2O7/c1-12-5-7-14(8-6-12)21(3)19(26)23(20(27)22-21)10-17(24)29-11-15-9-16(13(2)30-15)18(25)28-4/h5-9H,10-11H2,1-4H3,(H,22,27)/t21-/m0/s1. The Balaban J connectivity index is 1.64. The van der Waals surface area contributed by atoms with E-state index in [9.17, 15) is 19.2 Å². The topological polar surface area (TPSA) is 115 Å². The van der Waals surface area contributed by atoms with Crippen LogP contribution in [0, 0.1) is 13.8 Å². The van der Waals surface area contributed by atoms with Crippen molar-refractivity contribution in [2.45, 2.75) is 32.9 Å². The van der Waals surface area contributed by atoms with E-state index in [1.54, 1.807) is 26.0 Å². The van der Waals surface area contributed by atoms with Crippen LogP contribution in [0.5, 0.6) is 0 Å². The summed E-state index contributed by atoms with van der Waals surface area (Å²) in [7, 11) is 1.25. The van der Waals surface area contributed by atoms with Crippen molar-refractivity contribution >= 4 is 23.9 Å². The zero-order chi connectivity index (χ0) is 22.1. The van der Waals surface area contributed by atoms with Crippen LogP contribution in [0.4, 0.5) is 4.79 Å². The van der Waals surface area contributed by atoms with E-state index < -0.39 is 36.0 Å². The van der Waals surface area contributed by atoms with Gasteiger partial charge < -0.3 is 19.2 Å². The van der Waals surface area contributed by atoms with Gasteiger partial charge in [0, 0.05) is 0 Å². The maximum atomic E-state index is 12.9. The highest BCUT2D eigenvalue weighted by atomic mass is 16.5. The molecule has 1 aliphatic heterocycles. The number of urea groups is 1. The lowest BCUT2D eigenvalue weighted by Gasteiger charge is -2.22. The van der Waals surface area contributed by atoms with Gasteiger partial charge >= 0.3 is 18.0 Å². The average molecular weight is 414 g/mol. The Morgan fingerprint density at radius 2 is 1.83 bits per heavy atom. The maximum Gasteiger partial charge on any atom is 0.341 e. The highest BCUT2D eigenvalue weighted by Gasteiger charge is 2.49. The van der Waals surface area contributed by atoms with E-state index in [-0.39, 0.29) is 17.9 Å². The minimum Gasteiger partial charge on any atom is -0.465 e. The van der Waals surface area contributed by atoms with Crippen molar-refractivity contribution in [3.05, 3.63) is 58.5 Å². The van der Waals surface area contributed by atoms with Crippen LogP contribution in [0.3, 0.4) is 0 Å². The van der Waals surface area contributed by atoms with Crippen molar-refractivity contribution < 1.29 is 33.1 Å². The molecule has 0 saturated carbocycles. The molecule has 2 aromatic rings. The van der Waals surface area contributed by atoms with Gasteiger partial charge in [-0.05, 0) is 32.4 Å². The van der Waals surface area contributed by atoms with Crippen LogP contribution in [-0.4, -0.2) is 42.4 Å². The van der Waals surface area contributed by atoms with Crippen molar-refractivity contribution in [1.82, 2.24) is 10.2 Å². The number of rotatable bonds is 6. The van der Waals surface area contributed by atoms with Crippen LogP contribution in [0.15, 0.2) is 34.7 Å². The molecule has 1 saturated heterocycles. The summed E-state index contributed by atoms with van der Waals surface area (Å²) < 4.78 is 15.1. The summed E-state index contributed by atoms with van der Waals surface area (Å²) in [6.07, 6.45) is 0. The molecule has 1 aromatic carbocycles. The third kappa shape index (κ3) is 3.91. The number of carbonyl (C=O) groups excluding carboxylic acids is 4. The van der Waals surface area contributed by atoms with Gasteiger partial charge in [0.15, 0.2) is 0 Å². The molecule has 1 aliphatic rings. The second-order valence-corrected chi connectivity index (χ2v) is 7.15. The molecule has 0 aliphatic carbocycles. The van der Waals surface area contributed by atoms with Gasteiger partial charge in [0.2, 0.25) is 0 Å². The maximum absolute atomic E-state index is 12.9. The molecule has 1 aromatic heterocycles. The Kier molecular flexibility index (Phi) is 5.64. The first-order chi connectivity index (χ1) is 14.2. The largest absolute Gasteiger partial charge is 0.465 e. The highest BCUT2D eigenvalue weighted by Crippen LogP contribution is 2.29. The van der Waals surface area contributed by atoms with Crippen molar-refractivity contribution in [1.29, 1.82) is 0 Å². The van der Waals surface area contributed by atoms with Crippen molar-refractivity contribution in [3.8, 4) is 0 Å². The van der Waals surface area contributed by atoms with Crippen molar-refractivity contribution in [3.63, 3.8) is 0 Å². The molecule has 3 rings (SSSR count). The number of methoxy groups -OCH3 is 1. The molecule has 30 heavy (non-hydrogen) atoms.